The fraction of sp³-hybridized carbons (Fsp3) is 0.444. The van der Waals surface area contributed by atoms with Crippen LogP contribution in [0.2, 0.25) is 0 Å². The first-order chi connectivity index (χ1) is 25.2. The van der Waals surface area contributed by atoms with Crippen LogP contribution in [0.15, 0.2) is 62.0 Å². The predicted molar refractivity (Wildman–Crippen MR) is 192 cm³/mol. The van der Waals surface area contributed by atoms with Gasteiger partial charge in [-0.15, -0.1) is 0 Å². The highest BCUT2D eigenvalue weighted by Crippen LogP contribution is 2.29. The zero-order chi connectivity index (χ0) is 36.2. The topological polar surface area (TPSA) is 217 Å². The van der Waals surface area contributed by atoms with E-state index in [2.05, 4.69) is 51.0 Å². The van der Waals surface area contributed by atoms with E-state index in [1.54, 1.807) is 59.0 Å². The number of aliphatic hydroxyl groups is 2. The first kappa shape index (κ1) is 34.9. The predicted octanol–water partition coefficient (Wildman–Crippen LogP) is 3.63. The number of carbonyl (C=O) groups is 2. The Hall–Kier alpha value is -5.48. The van der Waals surface area contributed by atoms with Crippen molar-refractivity contribution in [2.24, 2.45) is 11.8 Å². The summed E-state index contributed by atoms with van der Waals surface area (Å²) in [5.74, 6) is 1.48. The number of hydrogen-bond donors (Lipinski definition) is 6. The number of H-pyrrole nitrogens is 2. The van der Waals surface area contributed by atoms with Gasteiger partial charge in [0.2, 0.25) is 0 Å². The highest BCUT2D eigenvalue weighted by molar-refractivity contribution is 6.05. The Kier molecular flexibility index (Phi) is 10.4. The summed E-state index contributed by atoms with van der Waals surface area (Å²) in [4.78, 5) is 42.8. The quantitative estimate of drug-likeness (QED) is 0.135. The molecule has 2 saturated carbocycles. The lowest BCUT2D eigenvalue weighted by atomic mass is 9.83. The van der Waals surface area contributed by atoms with Crippen LogP contribution in [0.25, 0.3) is 33.4 Å². The number of fused-ring (bicyclic) bond motifs is 2. The molecule has 0 saturated heterocycles. The number of aromatic nitrogens is 10. The molecule has 2 fully saturated rings. The molecular formula is C36H44N12O4. The maximum absolute atomic E-state index is 12.9. The van der Waals surface area contributed by atoms with Gasteiger partial charge in [-0.05, 0) is 89.2 Å². The zero-order valence-electron chi connectivity index (χ0n) is 29.2. The number of carbonyl (C=O) groups excluding carboxylic acids is 2. The Morgan fingerprint density at radius 2 is 1.10 bits per heavy atom. The van der Waals surface area contributed by atoms with Gasteiger partial charge in [-0.3, -0.25) is 28.9 Å². The second kappa shape index (κ2) is 15.4. The van der Waals surface area contributed by atoms with E-state index in [1.807, 2.05) is 26.0 Å². The summed E-state index contributed by atoms with van der Waals surface area (Å²) < 4.78 is 3.52. The Morgan fingerprint density at radius 1 is 0.692 bits per heavy atom. The number of nitrogens with one attached hydrogen (secondary N) is 4. The molecule has 0 aromatic carbocycles. The van der Waals surface area contributed by atoms with Gasteiger partial charge in [-0.25, -0.2) is 19.9 Å². The van der Waals surface area contributed by atoms with E-state index in [4.69, 9.17) is 0 Å². The number of amides is 2. The molecule has 6 aromatic rings. The molecule has 6 aromatic heterocycles. The molecule has 0 radical (unpaired) electrons. The molecule has 2 atom stereocenters. The maximum Gasteiger partial charge on any atom is 0.272 e. The number of aromatic amines is 2. The smallest absolute Gasteiger partial charge is 0.272 e. The van der Waals surface area contributed by atoms with Crippen molar-refractivity contribution < 1.29 is 19.8 Å². The normalized spacial score (nSPS) is 21.6. The van der Waals surface area contributed by atoms with Gasteiger partial charge in [0.25, 0.3) is 11.8 Å². The lowest BCUT2D eigenvalue weighted by Crippen LogP contribution is -2.39. The Balaban J connectivity index is 0.000000162. The van der Waals surface area contributed by atoms with E-state index in [9.17, 15) is 19.8 Å². The zero-order valence-corrected chi connectivity index (χ0v) is 29.2. The van der Waals surface area contributed by atoms with Crippen LogP contribution in [0.3, 0.4) is 0 Å². The second-order valence-corrected chi connectivity index (χ2v) is 13.9. The highest BCUT2D eigenvalue weighted by atomic mass is 16.3. The van der Waals surface area contributed by atoms with E-state index < -0.39 is 0 Å². The van der Waals surface area contributed by atoms with Gasteiger partial charge in [0.1, 0.15) is 24.3 Å². The molecule has 6 heterocycles. The largest absolute Gasteiger partial charge is 0.393 e. The van der Waals surface area contributed by atoms with Crippen LogP contribution < -0.4 is 10.6 Å². The average Bonchev–Trinajstić information content (AvgIpc) is 3.99. The molecule has 52 heavy (non-hydrogen) atoms. The van der Waals surface area contributed by atoms with Crippen LogP contribution in [0.4, 0.5) is 0 Å². The summed E-state index contributed by atoms with van der Waals surface area (Å²) in [7, 11) is 0. The number of imidazole rings is 2. The van der Waals surface area contributed by atoms with Crippen LogP contribution in [-0.4, -0.2) is 95.8 Å². The summed E-state index contributed by atoms with van der Waals surface area (Å²) in [6.45, 7) is 3.67. The standard InChI is InChI=1S/2C18H22N6O2/c2*1-11(25)12-2-4-14(5-3-12)21-18(26)17-16-13(9-20-23-16)8-15(22-17)24-7-6-19-10-24/h2*6-12,14,25H,2-5H2,1H3,(H,20,23)(H,21,26)/t2*11-,12?,14?/m10/s1. The lowest BCUT2D eigenvalue weighted by molar-refractivity contribution is 0.0819. The van der Waals surface area contributed by atoms with Crippen molar-refractivity contribution in [2.45, 2.75) is 89.5 Å². The third kappa shape index (κ3) is 7.72. The van der Waals surface area contributed by atoms with Gasteiger partial charge < -0.3 is 20.8 Å². The first-order valence-electron chi connectivity index (χ1n) is 17.9. The molecule has 2 aliphatic rings. The van der Waals surface area contributed by atoms with Crippen LogP contribution >= 0.6 is 0 Å². The van der Waals surface area contributed by atoms with E-state index in [0.29, 0.717) is 45.9 Å². The molecule has 6 N–H and O–H groups in total. The van der Waals surface area contributed by atoms with Gasteiger partial charge >= 0.3 is 0 Å². The van der Waals surface area contributed by atoms with E-state index in [-0.39, 0.29) is 36.1 Å². The minimum atomic E-state index is -0.287. The third-order valence-electron chi connectivity index (χ3n) is 10.4. The van der Waals surface area contributed by atoms with Crippen LogP contribution in [0.1, 0.15) is 86.2 Å². The summed E-state index contributed by atoms with van der Waals surface area (Å²) in [5, 5.41) is 41.1. The molecule has 8 rings (SSSR count). The molecule has 0 bridgehead atoms. The molecule has 0 spiro atoms. The number of nitrogens with zero attached hydrogens (tertiary/aromatic N) is 8. The summed E-state index contributed by atoms with van der Waals surface area (Å²) in [6.07, 6.45) is 20.2. The molecule has 2 amide bonds. The van der Waals surface area contributed by atoms with Crippen molar-refractivity contribution in [3.8, 4) is 11.6 Å². The van der Waals surface area contributed by atoms with Crippen molar-refractivity contribution in [1.29, 1.82) is 0 Å². The van der Waals surface area contributed by atoms with E-state index in [0.717, 1.165) is 62.1 Å². The lowest BCUT2D eigenvalue weighted by Gasteiger charge is -2.30. The van der Waals surface area contributed by atoms with Crippen molar-refractivity contribution in [3.05, 3.63) is 73.4 Å². The van der Waals surface area contributed by atoms with Crippen molar-refractivity contribution in [2.75, 3.05) is 0 Å². The van der Waals surface area contributed by atoms with Crippen LogP contribution in [-0.2, 0) is 0 Å². The Bertz CT molecular complexity index is 1940. The summed E-state index contributed by atoms with van der Waals surface area (Å²) in [6, 6.07) is 3.94. The van der Waals surface area contributed by atoms with Gasteiger partial charge in [0.15, 0.2) is 11.4 Å². The minimum absolute atomic E-state index is 0.106. The monoisotopic (exact) mass is 708 g/mol. The number of rotatable bonds is 8. The molecule has 272 valence electrons. The number of aliphatic hydroxyl groups excluding tert-OH is 2. The van der Waals surface area contributed by atoms with Crippen molar-refractivity contribution in [1.82, 2.24) is 60.1 Å². The van der Waals surface area contributed by atoms with E-state index >= 15 is 0 Å². The van der Waals surface area contributed by atoms with Gasteiger partial charge in [0, 0.05) is 47.6 Å². The fourth-order valence-corrected chi connectivity index (χ4v) is 7.25. The molecule has 16 nitrogen and oxygen atoms in total. The second-order valence-electron chi connectivity index (χ2n) is 13.9. The Labute approximate surface area is 299 Å². The first-order valence-corrected chi connectivity index (χ1v) is 17.9. The van der Waals surface area contributed by atoms with Gasteiger partial charge in [-0.1, -0.05) is 0 Å². The van der Waals surface area contributed by atoms with Crippen LogP contribution in [0.5, 0.6) is 0 Å². The average molecular weight is 709 g/mol. The molecule has 0 aliphatic heterocycles. The minimum Gasteiger partial charge on any atom is -0.393 e. The Morgan fingerprint density at radius 3 is 1.44 bits per heavy atom. The maximum atomic E-state index is 12.9. The van der Waals surface area contributed by atoms with Gasteiger partial charge in [-0.2, -0.15) is 10.2 Å². The van der Waals surface area contributed by atoms with Crippen molar-refractivity contribution in [3.63, 3.8) is 0 Å². The highest BCUT2D eigenvalue weighted by Gasteiger charge is 2.28. The fourth-order valence-electron chi connectivity index (χ4n) is 7.25. The molecule has 0 unspecified atom stereocenters. The summed E-state index contributed by atoms with van der Waals surface area (Å²) >= 11 is 0. The van der Waals surface area contributed by atoms with Crippen LogP contribution in [0, 0.1) is 11.8 Å². The number of pyridine rings is 2. The molecule has 2 aliphatic carbocycles. The van der Waals surface area contributed by atoms with Gasteiger partial charge in [0.05, 0.1) is 35.6 Å². The molecular weight excluding hydrogens is 664 g/mol. The van der Waals surface area contributed by atoms with E-state index in [1.165, 1.54) is 0 Å². The van der Waals surface area contributed by atoms with Crippen molar-refractivity contribution >= 4 is 33.6 Å². The SMILES string of the molecule is C[C@@H](O)C1CCC(NC(=O)c2nc(-n3ccnc3)cc3cn[nH]c23)CC1.C[C@H](O)C1CCC(NC(=O)c2nc(-n3ccnc3)cc3cn[nH]c23)CC1. The molecule has 16 heteroatoms. The summed E-state index contributed by atoms with van der Waals surface area (Å²) in [5.41, 5.74) is 1.93. The third-order valence-corrected chi connectivity index (χ3v) is 10.4. The number of hydrogen-bond acceptors (Lipinski definition) is 10.